The predicted octanol–water partition coefficient (Wildman–Crippen LogP) is 3.99. The second-order valence-corrected chi connectivity index (χ2v) is 6.16. The van der Waals surface area contributed by atoms with Crippen molar-refractivity contribution in [2.75, 3.05) is 12.4 Å². The van der Waals surface area contributed by atoms with Gasteiger partial charge in [0.2, 0.25) is 0 Å². The van der Waals surface area contributed by atoms with Crippen molar-refractivity contribution in [2.24, 2.45) is 5.10 Å². The first-order valence-corrected chi connectivity index (χ1v) is 9.00. The molecule has 0 aliphatic rings. The molecule has 2 aromatic carbocycles. The van der Waals surface area contributed by atoms with E-state index in [0.717, 1.165) is 16.8 Å². The van der Waals surface area contributed by atoms with Crippen LogP contribution in [0.3, 0.4) is 0 Å². The van der Waals surface area contributed by atoms with Crippen LogP contribution in [-0.2, 0) is 6.61 Å². The van der Waals surface area contributed by atoms with E-state index in [1.165, 1.54) is 0 Å². The number of benzene rings is 2. The van der Waals surface area contributed by atoms with Crippen molar-refractivity contribution in [3.8, 4) is 11.5 Å². The van der Waals surface area contributed by atoms with E-state index in [2.05, 4.69) is 20.8 Å². The molecule has 0 unspecified atom stereocenters. The minimum absolute atomic E-state index is 0.374. The van der Waals surface area contributed by atoms with Crippen LogP contribution in [0.25, 0.3) is 0 Å². The Labute approximate surface area is 169 Å². The number of ether oxygens (including phenoxy) is 2. The van der Waals surface area contributed by atoms with Crippen LogP contribution in [0.15, 0.2) is 78.2 Å². The fourth-order valence-corrected chi connectivity index (χ4v) is 2.55. The first-order valence-electron chi connectivity index (χ1n) is 8.59. The summed E-state index contributed by atoms with van der Waals surface area (Å²) >= 11 is 5.19. The molecule has 0 spiro atoms. The van der Waals surface area contributed by atoms with Crippen LogP contribution in [0, 0.1) is 0 Å². The molecule has 1 aromatic heterocycles. The van der Waals surface area contributed by atoms with Gasteiger partial charge >= 0.3 is 0 Å². The van der Waals surface area contributed by atoms with Crippen LogP contribution in [-0.4, -0.2) is 23.4 Å². The highest BCUT2D eigenvalue weighted by atomic mass is 32.1. The van der Waals surface area contributed by atoms with Crippen molar-refractivity contribution in [1.29, 1.82) is 0 Å². The van der Waals surface area contributed by atoms with Crippen LogP contribution in [0.1, 0.15) is 11.1 Å². The Bertz CT molecular complexity index is 934. The summed E-state index contributed by atoms with van der Waals surface area (Å²) in [5.41, 5.74) is 5.50. The van der Waals surface area contributed by atoms with Crippen molar-refractivity contribution in [1.82, 2.24) is 10.4 Å². The zero-order valence-electron chi connectivity index (χ0n) is 15.3. The largest absolute Gasteiger partial charge is 0.493 e. The van der Waals surface area contributed by atoms with Crippen molar-refractivity contribution in [2.45, 2.75) is 6.61 Å². The van der Waals surface area contributed by atoms with E-state index in [4.69, 9.17) is 21.7 Å². The SMILES string of the molecule is COc1cc(/C=N/NC(=S)Nc2cccnc2)ccc1OCc1ccccc1. The monoisotopic (exact) mass is 392 g/mol. The molecule has 0 amide bonds. The lowest BCUT2D eigenvalue weighted by Gasteiger charge is -2.11. The molecular formula is C21H20N4O2S. The molecule has 7 heteroatoms. The van der Waals surface area contributed by atoms with Crippen molar-refractivity contribution in [3.05, 3.63) is 84.2 Å². The zero-order valence-corrected chi connectivity index (χ0v) is 16.1. The number of anilines is 1. The third-order valence-corrected chi connectivity index (χ3v) is 3.92. The molecular weight excluding hydrogens is 372 g/mol. The van der Waals surface area contributed by atoms with Crippen molar-refractivity contribution < 1.29 is 9.47 Å². The van der Waals surface area contributed by atoms with Crippen LogP contribution >= 0.6 is 12.2 Å². The normalized spacial score (nSPS) is 10.5. The number of methoxy groups -OCH3 is 1. The molecule has 0 saturated heterocycles. The molecule has 0 aliphatic heterocycles. The molecule has 6 nitrogen and oxygen atoms in total. The van der Waals surface area contributed by atoms with E-state index in [-0.39, 0.29) is 0 Å². The Hall–Kier alpha value is -3.45. The van der Waals surface area contributed by atoms with Crippen LogP contribution in [0.5, 0.6) is 11.5 Å². The summed E-state index contributed by atoms with van der Waals surface area (Å²) in [6, 6.07) is 19.3. The summed E-state index contributed by atoms with van der Waals surface area (Å²) in [7, 11) is 1.61. The van der Waals surface area contributed by atoms with Crippen molar-refractivity contribution in [3.63, 3.8) is 0 Å². The minimum Gasteiger partial charge on any atom is -0.493 e. The average Bonchev–Trinajstić information content (AvgIpc) is 2.74. The molecule has 142 valence electrons. The maximum absolute atomic E-state index is 5.86. The molecule has 1 heterocycles. The number of hydrogen-bond donors (Lipinski definition) is 2. The van der Waals surface area contributed by atoms with Crippen LogP contribution < -0.4 is 20.2 Å². The van der Waals surface area contributed by atoms with Crippen LogP contribution in [0.4, 0.5) is 5.69 Å². The van der Waals surface area contributed by atoms with Gasteiger partial charge in [-0.1, -0.05) is 30.3 Å². The van der Waals surface area contributed by atoms with Gasteiger partial charge in [-0.2, -0.15) is 5.10 Å². The van der Waals surface area contributed by atoms with E-state index >= 15 is 0 Å². The quantitative estimate of drug-likeness (QED) is 0.360. The molecule has 28 heavy (non-hydrogen) atoms. The van der Waals surface area contributed by atoms with E-state index < -0.39 is 0 Å². The number of thiocarbonyl (C=S) groups is 1. The Morgan fingerprint density at radius 3 is 2.71 bits per heavy atom. The van der Waals surface area contributed by atoms with Gasteiger partial charge in [-0.05, 0) is 53.7 Å². The second kappa shape index (κ2) is 10.0. The number of rotatable bonds is 7. The zero-order chi connectivity index (χ0) is 19.6. The smallest absolute Gasteiger partial charge is 0.191 e. The lowest BCUT2D eigenvalue weighted by molar-refractivity contribution is 0.284. The van der Waals surface area contributed by atoms with Gasteiger partial charge in [0.1, 0.15) is 6.61 Å². The number of pyridine rings is 1. The lowest BCUT2D eigenvalue weighted by atomic mass is 10.2. The van der Waals surface area contributed by atoms with E-state index in [1.54, 1.807) is 25.7 Å². The summed E-state index contributed by atoms with van der Waals surface area (Å²) in [5.74, 6) is 1.31. The maximum atomic E-state index is 5.86. The molecule has 3 aromatic rings. The van der Waals surface area contributed by atoms with Gasteiger partial charge in [0.05, 0.1) is 25.2 Å². The van der Waals surface area contributed by atoms with Gasteiger partial charge in [0.15, 0.2) is 16.6 Å². The molecule has 0 atom stereocenters. The van der Waals surface area contributed by atoms with E-state index in [9.17, 15) is 0 Å². The minimum atomic E-state index is 0.374. The Balaban J connectivity index is 1.56. The molecule has 0 saturated carbocycles. The van der Waals surface area contributed by atoms with Crippen LogP contribution in [0.2, 0.25) is 0 Å². The molecule has 0 fully saturated rings. The van der Waals surface area contributed by atoms with Gasteiger partial charge in [-0.3, -0.25) is 10.4 Å². The second-order valence-electron chi connectivity index (χ2n) is 5.75. The van der Waals surface area contributed by atoms with Crippen molar-refractivity contribution >= 4 is 29.2 Å². The number of nitrogens with zero attached hydrogens (tertiary/aromatic N) is 2. The lowest BCUT2D eigenvalue weighted by Crippen LogP contribution is -2.23. The fraction of sp³-hybridized carbons (Fsp3) is 0.0952. The fourth-order valence-electron chi connectivity index (χ4n) is 2.38. The molecule has 0 radical (unpaired) electrons. The molecule has 0 bridgehead atoms. The number of aromatic nitrogens is 1. The Morgan fingerprint density at radius 1 is 1.11 bits per heavy atom. The summed E-state index contributed by atoms with van der Waals surface area (Å²) in [6.45, 7) is 0.473. The molecule has 0 aliphatic carbocycles. The highest BCUT2D eigenvalue weighted by Gasteiger charge is 2.05. The third-order valence-electron chi connectivity index (χ3n) is 3.72. The standard InChI is InChI=1S/C21H20N4O2S/c1-26-20-12-17(9-10-19(20)27-15-16-6-3-2-4-7-16)13-23-25-21(28)24-18-8-5-11-22-14-18/h2-14H,15H2,1H3,(H2,24,25,28)/b23-13+. The predicted molar refractivity (Wildman–Crippen MR) is 115 cm³/mol. The Kier molecular flexibility index (Phi) is 6.92. The van der Waals surface area contributed by atoms with E-state index in [0.29, 0.717) is 23.2 Å². The maximum Gasteiger partial charge on any atom is 0.191 e. The molecule has 2 N–H and O–H groups in total. The molecule has 3 rings (SSSR count). The summed E-state index contributed by atoms with van der Waals surface area (Å²) in [5, 5.41) is 7.51. The summed E-state index contributed by atoms with van der Waals surface area (Å²) in [6.07, 6.45) is 5.03. The van der Waals surface area contributed by atoms with Gasteiger partial charge in [0.25, 0.3) is 0 Å². The summed E-state index contributed by atoms with van der Waals surface area (Å²) in [4.78, 5) is 4.01. The highest BCUT2D eigenvalue weighted by molar-refractivity contribution is 7.80. The van der Waals surface area contributed by atoms with Gasteiger partial charge in [-0.15, -0.1) is 0 Å². The van der Waals surface area contributed by atoms with E-state index in [1.807, 2.05) is 60.7 Å². The Morgan fingerprint density at radius 2 is 1.96 bits per heavy atom. The van der Waals surface area contributed by atoms with Gasteiger partial charge < -0.3 is 14.8 Å². The number of hydrogen-bond acceptors (Lipinski definition) is 5. The first kappa shape index (κ1) is 19.3. The number of nitrogens with one attached hydrogen (secondary N) is 2. The van der Waals surface area contributed by atoms with Gasteiger partial charge in [0, 0.05) is 6.20 Å². The van der Waals surface area contributed by atoms with Gasteiger partial charge in [-0.25, -0.2) is 0 Å². The number of hydrazone groups is 1. The average molecular weight is 392 g/mol. The topological polar surface area (TPSA) is 67.8 Å². The highest BCUT2D eigenvalue weighted by Crippen LogP contribution is 2.28. The third kappa shape index (κ3) is 5.78. The summed E-state index contributed by atoms with van der Waals surface area (Å²) < 4.78 is 11.3. The first-order chi connectivity index (χ1) is 13.7.